The van der Waals surface area contributed by atoms with Crippen LogP contribution in [0.2, 0.25) is 0 Å². The number of imide groups is 1. The largest absolute Gasteiger partial charge is 0.490 e. The molecular weight excluding hydrogens is 703 g/mol. The molecular formula is C37H42F3N3O8S. The molecule has 2 heterocycles. The first-order valence-electron chi connectivity index (χ1n) is 16.5. The highest BCUT2D eigenvalue weighted by atomic mass is 32.2. The van der Waals surface area contributed by atoms with E-state index < -0.39 is 63.4 Å². The number of aliphatic carboxylic acids is 1. The summed E-state index contributed by atoms with van der Waals surface area (Å²) in [5, 5.41) is 10.4. The fourth-order valence-corrected chi connectivity index (χ4v) is 8.15. The van der Waals surface area contributed by atoms with E-state index in [0.29, 0.717) is 0 Å². The Morgan fingerprint density at radius 2 is 1.42 bits per heavy atom. The molecule has 0 saturated carbocycles. The maximum Gasteiger partial charge on any atom is 0.490 e. The summed E-state index contributed by atoms with van der Waals surface area (Å²) in [6.45, 7) is 7.96. The second-order valence-corrected chi connectivity index (χ2v) is 15.6. The Morgan fingerprint density at radius 3 is 1.88 bits per heavy atom. The first-order chi connectivity index (χ1) is 24.3. The van der Waals surface area contributed by atoms with Crippen LogP contribution in [0.1, 0.15) is 44.4 Å². The highest BCUT2D eigenvalue weighted by Gasteiger charge is 2.68. The number of likely N-dealkylation sites (tertiary alicyclic amines) is 1. The van der Waals surface area contributed by atoms with Gasteiger partial charge in [-0.25, -0.2) is 13.2 Å². The number of amides is 2. The van der Waals surface area contributed by atoms with Crippen molar-refractivity contribution in [2.45, 2.75) is 68.7 Å². The van der Waals surface area contributed by atoms with Crippen molar-refractivity contribution in [3.63, 3.8) is 0 Å². The van der Waals surface area contributed by atoms with Crippen LogP contribution in [0.4, 0.5) is 13.2 Å². The molecule has 11 nitrogen and oxygen atoms in total. The van der Waals surface area contributed by atoms with Crippen LogP contribution in [-0.4, -0.2) is 84.4 Å². The van der Waals surface area contributed by atoms with E-state index in [-0.39, 0.29) is 36.4 Å². The summed E-state index contributed by atoms with van der Waals surface area (Å²) < 4.78 is 66.2. The van der Waals surface area contributed by atoms with Gasteiger partial charge in [-0.15, -0.1) is 0 Å². The number of hydrogen-bond donors (Lipinski definition) is 2. The quantitative estimate of drug-likeness (QED) is 0.225. The van der Waals surface area contributed by atoms with Crippen molar-refractivity contribution in [2.24, 2.45) is 11.8 Å². The van der Waals surface area contributed by atoms with Crippen LogP contribution in [0.5, 0.6) is 0 Å². The number of esters is 1. The van der Waals surface area contributed by atoms with Crippen molar-refractivity contribution in [1.29, 1.82) is 0 Å². The van der Waals surface area contributed by atoms with Crippen LogP contribution >= 0.6 is 0 Å². The van der Waals surface area contributed by atoms with E-state index in [1.165, 1.54) is 16.3 Å². The van der Waals surface area contributed by atoms with Crippen LogP contribution in [0.15, 0.2) is 89.8 Å². The maximum atomic E-state index is 14.2. The molecule has 2 aliphatic heterocycles. The Kier molecular flexibility index (Phi) is 12.0. The Balaban J connectivity index is 0.000000785. The highest BCUT2D eigenvalue weighted by molar-refractivity contribution is 7.89. The number of fused-ring (bicyclic) bond motifs is 1. The third-order valence-corrected chi connectivity index (χ3v) is 11.2. The number of nitrogens with zero attached hydrogens (tertiary/aromatic N) is 2. The van der Waals surface area contributed by atoms with Crippen molar-refractivity contribution < 1.29 is 50.6 Å². The smallest absolute Gasteiger partial charge is 0.475 e. The number of sulfonamides is 1. The Hall–Kier alpha value is -4.60. The minimum absolute atomic E-state index is 0.0523. The lowest BCUT2D eigenvalue weighted by Crippen LogP contribution is -2.59. The zero-order valence-corrected chi connectivity index (χ0v) is 30.2. The van der Waals surface area contributed by atoms with Gasteiger partial charge < -0.3 is 9.84 Å². The van der Waals surface area contributed by atoms with Crippen molar-refractivity contribution in [2.75, 3.05) is 20.2 Å². The number of methoxy groups -OCH3 is 1. The lowest BCUT2D eigenvalue weighted by Gasteiger charge is -2.33. The molecule has 2 aliphatic rings. The minimum Gasteiger partial charge on any atom is -0.475 e. The highest BCUT2D eigenvalue weighted by Crippen LogP contribution is 2.46. The molecule has 0 unspecified atom stereocenters. The molecule has 2 N–H and O–H groups in total. The predicted molar refractivity (Wildman–Crippen MR) is 184 cm³/mol. The predicted octanol–water partition coefficient (Wildman–Crippen LogP) is 4.56. The fraction of sp³-hybridized carbons (Fsp3) is 0.405. The third kappa shape index (κ3) is 8.37. The van der Waals surface area contributed by atoms with Gasteiger partial charge in [0.25, 0.3) is 0 Å². The summed E-state index contributed by atoms with van der Waals surface area (Å²) >= 11 is 0. The Bertz CT molecular complexity index is 1870. The van der Waals surface area contributed by atoms with E-state index in [1.807, 2.05) is 72.8 Å². The van der Waals surface area contributed by atoms with Crippen LogP contribution in [0.25, 0.3) is 0 Å². The summed E-state index contributed by atoms with van der Waals surface area (Å²) in [7, 11) is -2.72. The molecule has 3 aromatic carbocycles. The van der Waals surface area contributed by atoms with Crippen molar-refractivity contribution >= 4 is 33.8 Å². The molecule has 0 radical (unpaired) electrons. The standard InChI is InChI=1S/C35H41N3O6S.C2HF3O2/c1-6-37(45(42,43)27-19-17-26(18-20-27)34(2,3)4)23-28-29-30(32(40)38(31(29)39)22-25-15-11-8-12-16-25)35(36-28,33(41)44-5)21-24-13-9-7-10-14-24;3-2(4,5)1(6)7/h7-20,28-30,36H,6,21-23H2,1-5H3;(H,6,7)/t28-,29+,30-,35-;/m1./s1. The summed E-state index contributed by atoms with van der Waals surface area (Å²) in [5.74, 6) is -6.40. The van der Waals surface area contributed by atoms with Gasteiger partial charge in [0.2, 0.25) is 21.8 Å². The first kappa shape index (κ1) is 40.2. The molecule has 15 heteroatoms. The average Bonchev–Trinajstić information content (AvgIpc) is 3.55. The zero-order valence-electron chi connectivity index (χ0n) is 29.4. The molecule has 2 saturated heterocycles. The fourth-order valence-electron chi connectivity index (χ4n) is 6.68. The van der Waals surface area contributed by atoms with Crippen molar-refractivity contribution in [3.05, 3.63) is 102 Å². The molecule has 2 amide bonds. The molecule has 5 rings (SSSR count). The summed E-state index contributed by atoms with van der Waals surface area (Å²) in [6, 6.07) is 24.4. The number of hydrogen-bond acceptors (Lipinski definition) is 8. The number of carboxylic acids is 1. The van der Waals surface area contributed by atoms with Crippen LogP contribution < -0.4 is 5.32 Å². The van der Waals surface area contributed by atoms with Gasteiger partial charge in [0.15, 0.2) is 0 Å². The molecule has 2 fully saturated rings. The van der Waals surface area contributed by atoms with Gasteiger partial charge in [0, 0.05) is 25.6 Å². The van der Waals surface area contributed by atoms with E-state index >= 15 is 0 Å². The second-order valence-electron chi connectivity index (χ2n) is 13.7. The van der Waals surface area contributed by atoms with Gasteiger partial charge >= 0.3 is 18.1 Å². The van der Waals surface area contributed by atoms with Crippen molar-refractivity contribution in [1.82, 2.24) is 14.5 Å². The number of carboxylic acid groups (broad SMARTS) is 1. The number of carbonyl (C=O) groups excluding carboxylic acids is 3. The minimum atomic E-state index is -5.08. The van der Waals surface area contributed by atoms with Gasteiger partial charge in [-0.1, -0.05) is 100 Å². The number of likely N-dealkylation sites (N-methyl/N-ethyl adjacent to an activating group) is 1. The van der Waals surface area contributed by atoms with Crippen molar-refractivity contribution in [3.8, 4) is 0 Å². The molecule has 3 aromatic rings. The van der Waals surface area contributed by atoms with E-state index in [9.17, 15) is 36.0 Å². The second kappa shape index (κ2) is 15.6. The third-order valence-electron chi connectivity index (χ3n) is 9.26. The van der Waals surface area contributed by atoms with E-state index in [4.69, 9.17) is 14.6 Å². The first-order valence-corrected chi connectivity index (χ1v) is 17.9. The molecule has 0 bridgehead atoms. The lowest BCUT2D eigenvalue weighted by molar-refractivity contribution is -0.192. The SMILES string of the molecule is CCN(C[C@H]1N[C@@](Cc2ccccc2)(C(=O)OC)[C@H]2C(=O)N(Cc3ccccc3)C(=O)[C@@H]12)S(=O)(=O)c1ccc(C(C)(C)C)cc1.O=C(O)C(F)(F)F. The van der Waals surface area contributed by atoms with Gasteiger partial charge in [-0.2, -0.15) is 17.5 Å². The number of nitrogens with one attached hydrogen (secondary N) is 1. The zero-order chi connectivity index (χ0) is 38.6. The topological polar surface area (TPSA) is 150 Å². The van der Waals surface area contributed by atoms with Gasteiger partial charge in [0.1, 0.15) is 5.54 Å². The summed E-state index contributed by atoms with van der Waals surface area (Å²) in [4.78, 5) is 52.3. The monoisotopic (exact) mass is 745 g/mol. The number of alkyl halides is 3. The molecule has 0 spiro atoms. The maximum absolute atomic E-state index is 14.2. The molecule has 0 aliphatic carbocycles. The lowest BCUT2D eigenvalue weighted by atomic mass is 9.76. The molecule has 4 atom stereocenters. The molecule has 52 heavy (non-hydrogen) atoms. The van der Waals surface area contributed by atoms with E-state index in [1.54, 1.807) is 19.1 Å². The Labute approximate surface area is 300 Å². The summed E-state index contributed by atoms with van der Waals surface area (Å²) in [6.07, 6.45) is -5.00. The number of halogens is 3. The van der Waals surface area contributed by atoms with E-state index in [0.717, 1.165) is 16.7 Å². The number of benzene rings is 3. The van der Waals surface area contributed by atoms with Gasteiger partial charge in [0.05, 0.1) is 30.4 Å². The van der Waals surface area contributed by atoms with E-state index in [2.05, 4.69) is 26.1 Å². The van der Waals surface area contributed by atoms with Crippen LogP contribution in [0.3, 0.4) is 0 Å². The van der Waals surface area contributed by atoms with Gasteiger partial charge in [-0.05, 0) is 34.2 Å². The number of rotatable bonds is 10. The van der Waals surface area contributed by atoms with Gasteiger partial charge in [-0.3, -0.25) is 24.6 Å². The summed E-state index contributed by atoms with van der Waals surface area (Å²) in [5.41, 5.74) is 0.817. The number of ether oxygens (including phenoxy) is 1. The normalized spacial score (nSPS) is 21.8. The van der Waals surface area contributed by atoms with Crippen LogP contribution in [0, 0.1) is 11.8 Å². The van der Waals surface area contributed by atoms with Crippen LogP contribution in [-0.2, 0) is 52.3 Å². The average molecular weight is 746 g/mol. The molecule has 280 valence electrons. The Morgan fingerprint density at radius 1 is 0.904 bits per heavy atom. The number of carbonyl (C=O) groups is 4. The molecule has 0 aromatic heterocycles.